The molecule has 3 aromatic carbocycles. The summed E-state index contributed by atoms with van der Waals surface area (Å²) < 4.78 is 52.8. The lowest BCUT2D eigenvalue weighted by Crippen LogP contribution is -2.18. The van der Waals surface area contributed by atoms with E-state index in [0.29, 0.717) is 11.1 Å². The maximum Gasteiger partial charge on any atom is 0.417 e. The number of halogens is 5. The summed E-state index contributed by atoms with van der Waals surface area (Å²) in [6, 6.07) is 15.1. The van der Waals surface area contributed by atoms with Gasteiger partial charge in [0.25, 0.3) is 5.91 Å². The maximum absolute atomic E-state index is 13.4. The number of para-hydroxylation sites is 1. The molecular formula is C20H12ClF4NO. The van der Waals surface area contributed by atoms with Gasteiger partial charge in [-0.05, 0) is 35.9 Å². The van der Waals surface area contributed by atoms with Gasteiger partial charge in [-0.1, -0.05) is 48.0 Å². The van der Waals surface area contributed by atoms with Crippen LogP contribution in [-0.2, 0) is 6.18 Å². The molecule has 0 heterocycles. The summed E-state index contributed by atoms with van der Waals surface area (Å²) in [6.45, 7) is 0. The van der Waals surface area contributed by atoms with Crippen LogP contribution >= 0.6 is 11.6 Å². The summed E-state index contributed by atoms with van der Waals surface area (Å²) in [7, 11) is 0. The number of amides is 1. The number of nitrogens with one attached hydrogen (secondary N) is 1. The van der Waals surface area contributed by atoms with Crippen LogP contribution in [0.5, 0.6) is 0 Å². The first-order valence-corrected chi connectivity index (χ1v) is 8.17. The van der Waals surface area contributed by atoms with Gasteiger partial charge in [0.1, 0.15) is 5.82 Å². The highest BCUT2D eigenvalue weighted by atomic mass is 35.5. The lowest BCUT2D eigenvalue weighted by molar-refractivity contribution is -0.137. The number of anilines is 1. The van der Waals surface area contributed by atoms with Crippen LogP contribution in [0.25, 0.3) is 11.1 Å². The number of hydrogen-bond donors (Lipinski definition) is 1. The van der Waals surface area contributed by atoms with Crippen molar-refractivity contribution in [2.45, 2.75) is 6.18 Å². The largest absolute Gasteiger partial charge is 0.417 e. The fraction of sp³-hybridized carbons (Fsp3) is 0.0500. The third-order valence-electron chi connectivity index (χ3n) is 3.88. The smallest absolute Gasteiger partial charge is 0.321 e. The van der Waals surface area contributed by atoms with E-state index in [1.807, 2.05) is 0 Å². The molecule has 0 unspecified atom stereocenters. The number of benzene rings is 3. The molecule has 1 amide bonds. The van der Waals surface area contributed by atoms with Gasteiger partial charge in [0, 0.05) is 11.3 Å². The van der Waals surface area contributed by atoms with Crippen molar-refractivity contribution in [1.29, 1.82) is 0 Å². The molecule has 3 aromatic rings. The Balaban J connectivity index is 1.98. The molecule has 0 aliphatic heterocycles. The molecule has 3 rings (SSSR count). The average molecular weight is 394 g/mol. The van der Waals surface area contributed by atoms with Gasteiger partial charge >= 0.3 is 6.18 Å². The molecule has 0 aromatic heterocycles. The molecule has 0 saturated heterocycles. The minimum Gasteiger partial charge on any atom is -0.321 e. The van der Waals surface area contributed by atoms with Gasteiger partial charge in [-0.2, -0.15) is 13.2 Å². The van der Waals surface area contributed by atoms with Crippen LogP contribution in [0.1, 0.15) is 15.9 Å². The molecule has 1 N–H and O–H groups in total. The fourth-order valence-corrected chi connectivity index (χ4v) is 2.81. The molecule has 0 saturated carbocycles. The van der Waals surface area contributed by atoms with Crippen molar-refractivity contribution < 1.29 is 22.4 Å². The summed E-state index contributed by atoms with van der Waals surface area (Å²) in [5, 5.41) is 2.40. The minimum absolute atomic E-state index is 0.101. The lowest BCUT2D eigenvalue weighted by atomic mass is 10.0. The van der Waals surface area contributed by atoms with Gasteiger partial charge in [-0.3, -0.25) is 4.79 Å². The molecule has 0 aliphatic carbocycles. The number of carbonyl (C=O) groups excluding carboxylic acids is 1. The monoisotopic (exact) mass is 393 g/mol. The summed E-state index contributed by atoms with van der Waals surface area (Å²) >= 11 is 5.80. The Hall–Kier alpha value is -2.86. The summed E-state index contributed by atoms with van der Waals surface area (Å²) in [4.78, 5) is 12.5. The predicted molar refractivity (Wildman–Crippen MR) is 96.2 cm³/mol. The molecule has 0 fully saturated rings. The zero-order chi connectivity index (χ0) is 19.6. The van der Waals surface area contributed by atoms with E-state index in [1.165, 1.54) is 30.3 Å². The molecule has 7 heteroatoms. The number of rotatable bonds is 3. The first kappa shape index (κ1) is 18.9. The van der Waals surface area contributed by atoms with Crippen LogP contribution in [0.2, 0.25) is 5.02 Å². The third kappa shape index (κ3) is 4.11. The SMILES string of the molecule is O=C(Nc1ccccc1-c1ccc(F)c(Cl)c1)c1ccccc1C(F)(F)F. The van der Waals surface area contributed by atoms with Gasteiger partial charge in [0.05, 0.1) is 16.1 Å². The first-order chi connectivity index (χ1) is 12.8. The standard InChI is InChI=1S/C20H12ClF4NO/c21-16-11-12(9-10-17(16)22)13-5-2-4-8-18(13)26-19(27)14-6-1-3-7-15(14)20(23,24)25/h1-11H,(H,26,27). The molecule has 0 radical (unpaired) electrons. The van der Waals surface area contributed by atoms with Crippen molar-refractivity contribution in [1.82, 2.24) is 0 Å². The van der Waals surface area contributed by atoms with E-state index < -0.39 is 29.0 Å². The normalized spacial score (nSPS) is 11.3. The van der Waals surface area contributed by atoms with E-state index >= 15 is 0 Å². The highest BCUT2D eigenvalue weighted by molar-refractivity contribution is 6.31. The van der Waals surface area contributed by atoms with Gasteiger partial charge in [0.15, 0.2) is 0 Å². The second-order valence-electron chi connectivity index (χ2n) is 5.67. The van der Waals surface area contributed by atoms with Crippen LogP contribution < -0.4 is 5.32 Å². The second kappa shape index (κ2) is 7.40. The highest BCUT2D eigenvalue weighted by Gasteiger charge is 2.34. The van der Waals surface area contributed by atoms with Crippen LogP contribution in [0, 0.1) is 5.82 Å². The molecule has 0 atom stereocenters. The van der Waals surface area contributed by atoms with Crippen molar-refractivity contribution in [2.24, 2.45) is 0 Å². The van der Waals surface area contributed by atoms with Gasteiger partial charge < -0.3 is 5.32 Å². The quantitative estimate of drug-likeness (QED) is 0.511. The van der Waals surface area contributed by atoms with Gasteiger partial charge in [0.2, 0.25) is 0 Å². The van der Waals surface area contributed by atoms with Crippen LogP contribution in [0.4, 0.5) is 23.2 Å². The first-order valence-electron chi connectivity index (χ1n) is 7.79. The average Bonchev–Trinajstić information content (AvgIpc) is 2.64. The van der Waals surface area contributed by atoms with Crippen molar-refractivity contribution in [3.05, 3.63) is 88.7 Å². The molecule has 0 bridgehead atoms. The Bertz CT molecular complexity index is 1000. The van der Waals surface area contributed by atoms with Crippen LogP contribution in [0.3, 0.4) is 0 Å². The molecule has 138 valence electrons. The van der Waals surface area contributed by atoms with E-state index in [4.69, 9.17) is 11.6 Å². The molecular weight excluding hydrogens is 382 g/mol. The predicted octanol–water partition coefficient (Wildman–Crippen LogP) is 6.42. The van der Waals surface area contributed by atoms with Crippen molar-refractivity contribution in [3.63, 3.8) is 0 Å². The summed E-state index contributed by atoms with van der Waals surface area (Å²) in [5.41, 5.74) is -0.220. The number of carbonyl (C=O) groups is 1. The summed E-state index contributed by atoms with van der Waals surface area (Å²) in [6.07, 6.45) is -4.65. The van der Waals surface area contributed by atoms with E-state index in [9.17, 15) is 22.4 Å². The van der Waals surface area contributed by atoms with Crippen molar-refractivity contribution >= 4 is 23.2 Å². The zero-order valence-electron chi connectivity index (χ0n) is 13.6. The maximum atomic E-state index is 13.4. The fourth-order valence-electron chi connectivity index (χ4n) is 2.63. The van der Waals surface area contributed by atoms with E-state index in [2.05, 4.69) is 5.32 Å². The van der Waals surface area contributed by atoms with Gasteiger partial charge in [-0.15, -0.1) is 0 Å². The summed E-state index contributed by atoms with van der Waals surface area (Å²) in [5.74, 6) is -1.50. The van der Waals surface area contributed by atoms with Crippen molar-refractivity contribution in [2.75, 3.05) is 5.32 Å². The molecule has 0 aliphatic rings. The third-order valence-corrected chi connectivity index (χ3v) is 4.17. The molecule has 27 heavy (non-hydrogen) atoms. The van der Waals surface area contributed by atoms with E-state index in [1.54, 1.807) is 24.3 Å². The Morgan fingerprint density at radius 3 is 2.30 bits per heavy atom. The van der Waals surface area contributed by atoms with E-state index in [0.717, 1.165) is 12.1 Å². The zero-order valence-corrected chi connectivity index (χ0v) is 14.4. The van der Waals surface area contributed by atoms with Gasteiger partial charge in [-0.25, -0.2) is 4.39 Å². The molecule has 2 nitrogen and oxygen atoms in total. The minimum atomic E-state index is -4.65. The second-order valence-corrected chi connectivity index (χ2v) is 6.08. The highest BCUT2D eigenvalue weighted by Crippen LogP contribution is 2.34. The Labute approximate surface area is 157 Å². The number of alkyl halides is 3. The Morgan fingerprint density at radius 1 is 0.926 bits per heavy atom. The topological polar surface area (TPSA) is 29.1 Å². The lowest BCUT2D eigenvalue weighted by Gasteiger charge is -2.15. The molecule has 0 spiro atoms. The van der Waals surface area contributed by atoms with Crippen molar-refractivity contribution in [3.8, 4) is 11.1 Å². The van der Waals surface area contributed by atoms with Crippen LogP contribution in [0.15, 0.2) is 66.7 Å². The van der Waals surface area contributed by atoms with E-state index in [-0.39, 0.29) is 10.7 Å². The van der Waals surface area contributed by atoms with Crippen LogP contribution in [-0.4, -0.2) is 5.91 Å². The Morgan fingerprint density at radius 2 is 1.59 bits per heavy atom. The Kier molecular flexibility index (Phi) is 5.19. The number of hydrogen-bond acceptors (Lipinski definition) is 1.